The highest BCUT2D eigenvalue weighted by molar-refractivity contribution is 9.11. The monoisotopic (exact) mass is 651 g/mol. The number of carbonyl (C=O) groups excluding carboxylic acids is 2. The van der Waals surface area contributed by atoms with Crippen molar-refractivity contribution in [1.82, 2.24) is 10.4 Å². The van der Waals surface area contributed by atoms with Gasteiger partial charge in [0.25, 0.3) is 0 Å². The first-order valence-electron chi connectivity index (χ1n) is 12.6. The van der Waals surface area contributed by atoms with Gasteiger partial charge < -0.3 is 16.2 Å². The quantitative estimate of drug-likeness (QED) is 0.286. The number of halogens is 2. The summed E-state index contributed by atoms with van der Waals surface area (Å²) in [4.78, 5) is 29.6. The van der Waals surface area contributed by atoms with Crippen LogP contribution in [0.4, 0.5) is 9.93 Å². The van der Waals surface area contributed by atoms with Crippen molar-refractivity contribution in [2.45, 2.75) is 64.7 Å². The number of aromatic hydroxyl groups is 1. The second-order valence-corrected chi connectivity index (χ2v) is 13.6. The molecule has 1 aromatic heterocycles. The largest absolute Gasteiger partial charge is 0.506 e. The van der Waals surface area contributed by atoms with Gasteiger partial charge in [-0.15, -0.1) is 11.3 Å². The van der Waals surface area contributed by atoms with Gasteiger partial charge in [0.2, 0.25) is 5.91 Å². The summed E-state index contributed by atoms with van der Waals surface area (Å²) < 4.78 is 1.49. The second-order valence-electron chi connectivity index (χ2n) is 10.7. The summed E-state index contributed by atoms with van der Waals surface area (Å²) in [6, 6.07) is 1.43. The van der Waals surface area contributed by atoms with Gasteiger partial charge in [-0.2, -0.15) is 5.10 Å². The van der Waals surface area contributed by atoms with E-state index in [1.54, 1.807) is 6.20 Å². The third-order valence-electron chi connectivity index (χ3n) is 8.68. The molecular formula is C26H31Br2N5O3S. The Morgan fingerprint density at radius 1 is 1.35 bits per heavy atom. The van der Waals surface area contributed by atoms with Crippen LogP contribution >= 0.6 is 43.2 Å². The van der Waals surface area contributed by atoms with Gasteiger partial charge in [0, 0.05) is 28.6 Å². The molecule has 0 spiro atoms. The molecule has 0 radical (unpaired) electrons. The van der Waals surface area contributed by atoms with E-state index in [1.165, 1.54) is 22.5 Å². The minimum Gasteiger partial charge on any atom is -0.506 e. The first-order valence-corrected chi connectivity index (χ1v) is 15.0. The van der Waals surface area contributed by atoms with E-state index in [1.807, 2.05) is 6.92 Å². The molecule has 0 saturated heterocycles. The van der Waals surface area contributed by atoms with Crippen LogP contribution in [0.5, 0.6) is 5.75 Å². The summed E-state index contributed by atoms with van der Waals surface area (Å²) in [6.45, 7) is 4.24. The number of hydrazone groups is 1. The first-order chi connectivity index (χ1) is 17.6. The molecule has 2 aromatic rings. The van der Waals surface area contributed by atoms with Crippen molar-refractivity contribution in [3.63, 3.8) is 0 Å². The highest BCUT2D eigenvalue weighted by atomic mass is 79.9. The van der Waals surface area contributed by atoms with Crippen LogP contribution < -0.4 is 16.5 Å². The molecule has 3 aliphatic rings. The lowest BCUT2D eigenvalue weighted by atomic mass is 9.54. The average molecular weight is 653 g/mol. The van der Waals surface area contributed by atoms with Crippen LogP contribution in [0.3, 0.4) is 0 Å². The van der Waals surface area contributed by atoms with E-state index in [-0.39, 0.29) is 23.0 Å². The first kappa shape index (κ1) is 26.6. The van der Waals surface area contributed by atoms with Crippen molar-refractivity contribution < 1.29 is 14.7 Å². The molecule has 5 atom stereocenters. The minimum atomic E-state index is -0.663. The van der Waals surface area contributed by atoms with Gasteiger partial charge in [0.05, 0.1) is 8.95 Å². The van der Waals surface area contributed by atoms with Crippen molar-refractivity contribution in [2.75, 3.05) is 5.32 Å². The third-order valence-corrected chi connectivity index (χ3v) is 11.0. The zero-order chi connectivity index (χ0) is 26.5. The van der Waals surface area contributed by atoms with Gasteiger partial charge in [-0.05, 0) is 118 Å². The molecule has 1 aromatic carbocycles. The molecule has 2 fully saturated rings. The number of thiazole rings is 1. The number of nitrogens with zero attached hydrogens (tertiary/aromatic N) is 2. The molecule has 5 unspecified atom stereocenters. The van der Waals surface area contributed by atoms with Crippen LogP contribution in [-0.2, 0) is 11.2 Å². The van der Waals surface area contributed by atoms with E-state index in [0.717, 1.165) is 53.6 Å². The molecule has 198 valence electrons. The van der Waals surface area contributed by atoms with Crippen LogP contribution in [-0.4, -0.2) is 27.7 Å². The van der Waals surface area contributed by atoms with Gasteiger partial charge in [-0.1, -0.05) is 6.92 Å². The van der Waals surface area contributed by atoms with E-state index in [9.17, 15) is 14.7 Å². The van der Waals surface area contributed by atoms with Crippen molar-refractivity contribution in [1.29, 1.82) is 0 Å². The molecule has 0 aliphatic heterocycles. The Kier molecular flexibility index (Phi) is 7.41. The number of urea groups is 1. The molecule has 3 amide bonds. The lowest BCUT2D eigenvalue weighted by molar-refractivity contribution is -0.116. The number of phenolic OH excluding ortho intramolecular Hbond substituents is 1. The summed E-state index contributed by atoms with van der Waals surface area (Å²) in [5, 5.41) is 18.5. The molecule has 1 heterocycles. The maximum Gasteiger partial charge on any atom is 0.332 e. The number of nitrogens with two attached hydrogens (primary N) is 1. The fourth-order valence-corrected chi connectivity index (χ4v) is 9.22. The van der Waals surface area contributed by atoms with Crippen molar-refractivity contribution in [3.8, 4) is 5.75 Å². The lowest BCUT2D eigenvalue weighted by Crippen LogP contribution is -2.45. The van der Waals surface area contributed by atoms with Gasteiger partial charge in [-0.25, -0.2) is 15.2 Å². The number of fused-ring (bicyclic) bond motifs is 5. The Morgan fingerprint density at radius 3 is 2.84 bits per heavy atom. The van der Waals surface area contributed by atoms with E-state index < -0.39 is 6.03 Å². The second kappa shape index (κ2) is 10.3. The van der Waals surface area contributed by atoms with Gasteiger partial charge in [0.1, 0.15) is 5.75 Å². The molecule has 2 saturated carbocycles. The topological polar surface area (TPSA) is 130 Å². The third kappa shape index (κ3) is 4.94. The molecule has 37 heavy (non-hydrogen) atoms. The van der Waals surface area contributed by atoms with Crippen molar-refractivity contribution >= 4 is 66.0 Å². The maximum absolute atomic E-state index is 12.8. The highest BCUT2D eigenvalue weighted by Crippen LogP contribution is 2.63. The number of primary amides is 1. The SMILES string of the molecule is Cc1cnc(NC(=O)CCC2CC(=NNC(N)=O)C3(C)CCC4c5cc(Br)c(O)c(Br)c5CCC4C23)s1. The van der Waals surface area contributed by atoms with E-state index >= 15 is 0 Å². The Balaban J connectivity index is 1.42. The number of carbonyl (C=O) groups is 2. The number of nitrogens with one attached hydrogen (secondary N) is 2. The predicted molar refractivity (Wildman–Crippen MR) is 152 cm³/mol. The zero-order valence-electron chi connectivity index (χ0n) is 20.8. The number of aryl methyl sites for hydroxylation is 1. The standard InChI is InChI=1S/C26H31Br2N5O3S/c1-12-11-30-25(37-12)31-20(34)6-3-13-9-19(32-33-24(29)36)26(2)8-7-14-15(21(13)26)4-5-16-17(14)10-18(27)23(35)22(16)28/h10-11,13-15,21,35H,3-9H2,1-2H3,(H3,29,33,36)(H,30,31,34). The molecule has 3 aliphatic carbocycles. The number of rotatable bonds is 5. The molecule has 8 nitrogen and oxygen atoms in total. The van der Waals surface area contributed by atoms with E-state index in [0.29, 0.717) is 33.8 Å². The fraction of sp³-hybridized carbons (Fsp3) is 0.538. The Hall–Kier alpha value is -1.98. The summed E-state index contributed by atoms with van der Waals surface area (Å²) in [5.74, 6) is 1.61. The minimum absolute atomic E-state index is 0.0265. The van der Waals surface area contributed by atoms with Crippen LogP contribution in [0, 0.1) is 30.1 Å². The van der Waals surface area contributed by atoms with Gasteiger partial charge >= 0.3 is 6.03 Å². The lowest BCUT2D eigenvalue weighted by Gasteiger charge is -2.50. The summed E-state index contributed by atoms with van der Waals surface area (Å²) in [6.07, 6.45) is 7.48. The number of hydrogen-bond donors (Lipinski definition) is 4. The Morgan fingerprint density at radius 2 is 2.14 bits per heavy atom. The number of benzene rings is 1. The number of phenols is 1. The maximum atomic E-state index is 12.8. The summed E-state index contributed by atoms with van der Waals surface area (Å²) in [5.41, 5.74) is 11.1. The molecule has 5 rings (SSSR count). The predicted octanol–water partition coefficient (Wildman–Crippen LogP) is 6.21. The number of hydrogen-bond acceptors (Lipinski definition) is 6. The molecule has 5 N–H and O–H groups in total. The average Bonchev–Trinajstić information content (AvgIpc) is 3.39. The van der Waals surface area contributed by atoms with Crippen LogP contribution in [0.2, 0.25) is 0 Å². The van der Waals surface area contributed by atoms with E-state index in [4.69, 9.17) is 5.73 Å². The van der Waals surface area contributed by atoms with Crippen LogP contribution in [0.25, 0.3) is 0 Å². The highest BCUT2D eigenvalue weighted by Gasteiger charge is 2.57. The Labute approximate surface area is 237 Å². The molecule has 0 bridgehead atoms. The Bertz CT molecular complexity index is 1280. The molecule has 11 heteroatoms. The van der Waals surface area contributed by atoms with Crippen LogP contribution in [0.1, 0.15) is 67.4 Å². The zero-order valence-corrected chi connectivity index (χ0v) is 24.8. The number of aromatic nitrogens is 1. The smallest absolute Gasteiger partial charge is 0.332 e. The van der Waals surface area contributed by atoms with E-state index in [2.05, 4.69) is 65.7 Å². The van der Waals surface area contributed by atoms with Crippen molar-refractivity contribution in [3.05, 3.63) is 37.2 Å². The summed E-state index contributed by atoms with van der Waals surface area (Å²) >= 11 is 8.63. The van der Waals surface area contributed by atoms with Gasteiger partial charge in [-0.3, -0.25) is 4.79 Å². The fourth-order valence-electron chi connectivity index (χ4n) is 7.19. The molecular weight excluding hydrogens is 622 g/mol. The van der Waals surface area contributed by atoms with Crippen molar-refractivity contribution in [2.24, 2.45) is 34.0 Å². The number of amides is 3. The van der Waals surface area contributed by atoms with Gasteiger partial charge in [0.15, 0.2) is 5.13 Å². The number of anilines is 1. The van der Waals surface area contributed by atoms with Crippen LogP contribution in [0.15, 0.2) is 26.3 Å². The summed E-state index contributed by atoms with van der Waals surface area (Å²) in [7, 11) is 0. The normalized spacial score (nSPS) is 29.4.